The summed E-state index contributed by atoms with van der Waals surface area (Å²) in [6.07, 6.45) is 0.428. The molecule has 0 saturated carbocycles. The van der Waals surface area contributed by atoms with Crippen LogP contribution in [-0.4, -0.2) is 35.1 Å². The Bertz CT molecular complexity index is 631. The lowest BCUT2D eigenvalue weighted by Gasteiger charge is -2.13. The van der Waals surface area contributed by atoms with Crippen LogP contribution in [0.4, 0.5) is 5.13 Å². The van der Waals surface area contributed by atoms with Gasteiger partial charge in [-0.1, -0.05) is 30.0 Å². The van der Waals surface area contributed by atoms with Crippen molar-refractivity contribution in [3.05, 3.63) is 24.3 Å². The molecule has 0 saturated heterocycles. The van der Waals surface area contributed by atoms with E-state index in [1.165, 1.54) is 11.3 Å². The summed E-state index contributed by atoms with van der Waals surface area (Å²) in [5, 5.41) is 11.2. The van der Waals surface area contributed by atoms with Crippen LogP contribution in [0.3, 0.4) is 0 Å². The summed E-state index contributed by atoms with van der Waals surface area (Å²) >= 11 is 3.00. The molecule has 2 aromatic rings. The molecule has 1 N–H and O–H groups in total. The monoisotopic (exact) mass is 353 g/mol. The normalized spacial score (nSPS) is 11.8. The first-order valence-electron chi connectivity index (χ1n) is 7.20. The van der Waals surface area contributed by atoms with Crippen molar-refractivity contribution in [3.8, 4) is 11.5 Å². The van der Waals surface area contributed by atoms with Crippen LogP contribution in [0.15, 0.2) is 28.6 Å². The van der Waals surface area contributed by atoms with E-state index in [2.05, 4.69) is 22.4 Å². The van der Waals surface area contributed by atoms with Gasteiger partial charge in [0.05, 0.1) is 7.11 Å². The zero-order chi connectivity index (χ0) is 16.7. The third-order valence-corrected chi connectivity index (χ3v) is 4.99. The summed E-state index contributed by atoms with van der Waals surface area (Å²) < 4.78 is 11.5. The van der Waals surface area contributed by atoms with Gasteiger partial charge in [-0.15, -0.1) is 10.2 Å². The maximum Gasteiger partial charge on any atom is 0.266 e. The lowest BCUT2D eigenvalue weighted by molar-refractivity contribution is -0.122. The van der Waals surface area contributed by atoms with Gasteiger partial charge in [-0.2, -0.15) is 0 Å². The predicted octanol–water partition coefficient (Wildman–Crippen LogP) is 3.45. The summed E-state index contributed by atoms with van der Waals surface area (Å²) in [4.78, 5) is 12.1. The third-order valence-electron chi connectivity index (χ3n) is 2.81. The van der Waals surface area contributed by atoms with E-state index in [1.807, 2.05) is 0 Å². The highest BCUT2D eigenvalue weighted by Gasteiger charge is 2.17. The lowest BCUT2D eigenvalue weighted by atomic mass is 10.3. The molecule has 0 spiro atoms. The lowest BCUT2D eigenvalue weighted by Crippen LogP contribution is -2.30. The fourth-order valence-electron chi connectivity index (χ4n) is 1.63. The Morgan fingerprint density at radius 1 is 1.30 bits per heavy atom. The van der Waals surface area contributed by atoms with Crippen LogP contribution in [0.5, 0.6) is 11.5 Å². The highest BCUT2D eigenvalue weighted by molar-refractivity contribution is 8.01. The molecule has 1 heterocycles. The van der Waals surface area contributed by atoms with Gasteiger partial charge >= 0.3 is 0 Å². The number of rotatable bonds is 8. The van der Waals surface area contributed by atoms with E-state index in [-0.39, 0.29) is 5.91 Å². The molecular formula is C15H19N3O3S2. The molecule has 0 fully saturated rings. The van der Waals surface area contributed by atoms with E-state index in [0.717, 1.165) is 22.3 Å². The van der Waals surface area contributed by atoms with Crippen molar-refractivity contribution in [3.63, 3.8) is 0 Å². The Morgan fingerprint density at radius 3 is 2.65 bits per heavy atom. The standard InChI is InChI=1S/C15H19N3O3S2/c1-4-9-22-15-18-17-14(23-15)16-13(19)10(2)21-12-7-5-11(20-3)6-8-12/h5-8,10H,4,9H2,1-3H3,(H,16,17,19)/t10-/m0/s1. The number of benzene rings is 1. The number of amides is 1. The number of carbonyl (C=O) groups excluding carboxylic acids is 1. The zero-order valence-electron chi connectivity index (χ0n) is 13.2. The number of aromatic nitrogens is 2. The number of methoxy groups -OCH3 is 1. The van der Waals surface area contributed by atoms with Crippen LogP contribution in [0.1, 0.15) is 20.3 Å². The number of hydrogen-bond acceptors (Lipinski definition) is 7. The van der Waals surface area contributed by atoms with Crippen molar-refractivity contribution in [1.29, 1.82) is 0 Å². The smallest absolute Gasteiger partial charge is 0.266 e. The minimum absolute atomic E-state index is 0.260. The van der Waals surface area contributed by atoms with Gasteiger partial charge in [0.1, 0.15) is 11.5 Å². The molecule has 1 atom stereocenters. The number of thioether (sulfide) groups is 1. The second-order valence-electron chi connectivity index (χ2n) is 4.65. The fourth-order valence-corrected chi connectivity index (χ4v) is 3.31. The summed E-state index contributed by atoms with van der Waals surface area (Å²) in [5.41, 5.74) is 0. The highest BCUT2D eigenvalue weighted by Crippen LogP contribution is 2.26. The minimum atomic E-state index is -0.640. The maximum atomic E-state index is 12.1. The van der Waals surface area contributed by atoms with Gasteiger partial charge in [0.25, 0.3) is 5.91 Å². The zero-order valence-corrected chi connectivity index (χ0v) is 14.9. The van der Waals surface area contributed by atoms with Crippen LogP contribution in [0, 0.1) is 0 Å². The van der Waals surface area contributed by atoms with Gasteiger partial charge in [0, 0.05) is 5.75 Å². The molecule has 23 heavy (non-hydrogen) atoms. The Kier molecular flexibility index (Phi) is 6.66. The maximum absolute atomic E-state index is 12.1. The molecular weight excluding hydrogens is 334 g/mol. The van der Waals surface area contributed by atoms with E-state index in [1.54, 1.807) is 50.1 Å². The summed E-state index contributed by atoms with van der Waals surface area (Å²) in [7, 11) is 1.60. The van der Waals surface area contributed by atoms with Gasteiger partial charge in [-0.3, -0.25) is 10.1 Å². The van der Waals surface area contributed by atoms with E-state index < -0.39 is 6.10 Å². The number of carbonyl (C=O) groups is 1. The van der Waals surface area contributed by atoms with Crippen LogP contribution in [0.25, 0.3) is 0 Å². The van der Waals surface area contributed by atoms with Gasteiger partial charge < -0.3 is 9.47 Å². The SMILES string of the molecule is CCCSc1nnc(NC(=O)[C@H](C)Oc2ccc(OC)cc2)s1. The Labute approximate surface area is 143 Å². The molecule has 1 amide bonds. The number of anilines is 1. The Hall–Kier alpha value is -1.80. The van der Waals surface area contributed by atoms with Crippen LogP contribution in [0.2, 0.25) is 0 Å². The highest BCUT2D eigenvalue weighted by atomic mass is 32.2. The number of nitrogens with zero attached hydrogens (tertiary/aromatic N) is 2. The number of ether oxygens (including phenoxy) is 2. The number of nitrogens with one attached hydrogen (secondary N) is 1. The van der Waals surface area contributed by atoms with E-state index in [4.69, 9.17) is 9.47 Å². The van der Waals surface area contributed by atoms with Crippen LogP contribution in [-0.2, 0) is 4.79 Å². The van der Waals surface area contributed by atoms with E-state index in [0.29, 0.717) is 10.9 Å². The molecule has 8 heteroatoms. The van der Waals surface area contributed by atoms with E-state index in [9.17, 15) is 4.79 Å². The third kappa shape index (κ3) is 5.40. The topological polar surface area (TPSA) is 73.3 Å². The second-order valence-corrected chi connectivity index (χ2v) is 6.97. The molecule has 0 radical (unpaired) electrons. The van der Waals surface area contributed by atoms with E-state index >= 15 is 0 Å². The van der Waals surface area contributed by atoms with Crippen molar-refractivity contribution in [2.45, 2.75) is 30.7 Å². The first kappa shape index (κ1) is 17.6. The van der Waals surface area contributed by atoms with Crippen LogP contribution >= 0.6 is 23.1 Å². The fraction of sp³-hybridized carbons (Fsp3) is 0.400. The molecule has 0 unspecified atom stereocenters. The molecule has 0 aliphatic carbocycles. The molecule has 1 aromatic carbocycles. The summed E-state index contributed by atoms with van der Waals surface area (Å²) in [6, 6.07) is 7.07. The van der Waals surface area contributed by atoms with Gasteiger partial charge in [0.2, 0.25) is 5.13 Å². The molecule has 1 aromatic heterocycles. The van der Waals surface area contributed by atoms with Crippen molar-refractivity contribution in [2.75, 3.05) is 18.2 Å². The number of hydrogen-bond donors (Lipinski definition) is 1. The first-order chi connectivity index (χ1) is 11.1. The van der Waals surface area contributed by atoms with Gasteiger partial charge in [-0.25, -0.2) is 0 Å². The molecule has 124 valence electrons. The second kappa shape index (κ2) is 8.73. The summed E-state index contributed by atoms with van der Waals surface area (Å²) in [6.45, 7) is 3.79. The quantitative estimate of drug-likeness (QED) is 0.579. The van der Waals surface area contributed by atoms with Crippen molar-refractivity contribution in [2.24, 2.45) is 0 Å². The largest absolute Gasteiger partial charge is 0.497 e. The average Bonchev–Trinajstić information content (AvgIpc) is 3.01. The summed E-state index contributed by atoms with van der Waals surface area (Å²) in [5.74, 6) is 2.06. The first-order valence-corrected chi connectivity index (χ1v) is 9.00. The Morgan fingerprint density at radius 2 is 2.00 bits per heavy atom. The molecule has 0 bridgehead atoms. The molecule has 2 rings (SSSR count). The van der Waals surface area contributed by atoms with Crippen molar-refractivity contribution in [1.82, 2.24) is 10.2 Å². The minimum Gasteiger partial charge on any atom is -0.497 e. The van der Waals surface area contributed by atoms with Gasteiger partial charge in [0.15, 0.2) is 10.4 Å². The Balaban J connectivity index is 1.87. The molecule has 6 nitrogen and oxygen atoms in total. The predicted molar refractivity (Wildman–Crippen MR) is 92.6 cm³/mol. The van der Waals surface area contributed by atoms with Crippen molar-refractivity contribution < 1.29 is 14.3 Å². The molecule has 0 aliphatic heterocycles. The average molecular weight is 353 g/mol. The van der Waals surface area contributed by atoms with Gasteiger partial charge in [-0.05, 0) is 37.6 Å². The van der Waals surface area contributed by atoms with Crippen molar-refractivity contribution >= 4 is 34.1 Å². The molecule has 0 aliphatic rings. The van der Waals surface area contributed by atoms with Crippen LogP contribution < -0.4 is 14.8 Å².